The average molecular weight is 259 g/mol. The molecular weight excluding hydrogens is 238 g/mol. The van der Waals surface area contributed by atoms with Gasteiger partial charge in [0.15, 0.2) is 0 Å². The van der Waals surface area contributed by atoms with Crippen LogP contribution < -0.4 is 5.32 Å². The van der Waals surface area contributed by atoms with Gasteiger partial charge in [0.2, 0.25) is 0 Å². The van der Waals surface area contributed by atoms with Crippen LogP contribution in [0.3, 0.4) is 0 Å². The van der Waals surface area contributed by atoms with Gasteiger partial charge in [0.1, 0.15) is 0 Å². The van der Waals surface area contributed by atoms with Crippen LogP contribution in [-0.4, -0.2) is 32.4 Å². The molecule has 0 atom stereocenters. The van der Waals surface area contributed by atoms with Crippen molar-refractivity contribution in [1.82, 2.24) is 24.6 Å². The molecule has 5 nitrogen and oxygen atoms in total. The highest BCUT2D eigenvalue weighted by molar-refractivity contribution is 5.15. The molecule has 3 rings (SSSR count). The fraction of sp³-hybridized carbons (Fsp3) is 0.571. The van der Waals surface area contributed by atoms with Gasteiger partial charge in [-0.2, -0.15) is 5.10 Å². The number of nitrogens with one attached hydrogen (secondary N) is 1. The van der Waals surface area contributed by atoms with E-state index in [4.69, 9.17) is 0 Å². The highest BCUT2D eigenvalue weighted by Crippen LogP contribution is 2.32. The first kappa shape index (κ1) is 12.4. The van der Waals surface area contributed by atoms with E-state index >= 15 is 0 Å². The zero-order chi connectivity index (χ0) is 13.1. The molecular formula is C14H21N5. The zero-order valence-electron chi connectivity index (χ0n) is 11.4. The summed E-state index contributed by atoms with van der Waals surface area (Å²) in [6.07, 6.45) is 10.2. The molecule has 0 bridgehead atoms. The molecule has 0 saturated carbocycles. The van der Waals surface area contributed by atoms with Gasteiger partial charge in [-0.05, 0) is 32.0 Å². The van der Waals surface area contributed by atoms with E-state index in [9.17, 15) is 0 Å². The van der Waals surface area contributed by atoms with Crippen molar-refractivity contribution in [3.05, 3.63) is 36.7 Å². The minimum absolute atomic E-state index is 0.256. The van der Waals surface area contributed by atoms with Crippen LogP contribution in [0.4, 0.5) is 0 Å². The second kappa shape index (κ2) is 5.17. The van der Waals surface area contributed by atoms with Crippen LogP contribution in [0, 0.1) is 0 Å². The zero-order valence-corrected chi connectivity index (χ0v) is 11.4. The largest absolute Gasteiger partial charge is 0.332 e. The van der Waals surface area contributed by atoms with E-state index in [1.165, 1.54) is 18.5 Å². The Balaban J connectivity index is 1.74. The quantitative estimate of drug-likeness (QED) is 0.903. The van der Waals surface area contributed by atoms with E-state index in [1.807, 2.05) is 35.7 Å². The van der Waals surface area contributed by atoms with Crippen LogP contribution in [0.5, 0.6) is 0 Å². The van der Waals surface area contributed by atoms with Gasteiger partial charge in [-0.1, -0.05) is 6.92 Å². The lowest BCUT2D eigenvalue weighted by molar-refractivity contribution is 0.314. The molecule has 1 saturated heterocycles. The van der Waals surface area contributed by atoms with Crippen LogP contribution in [0.2, 0.25) is 0 Å². The minimum atomic E-state index is 0.256. The number of aromatic nitrogens is 4. The van der Waals surface area contributed by atoms with Crippen molar-refractivity contribution in [2.45, 2.75) is 38.3 Å². The molecule has 3 heterocycles. The molecule has 1 aliphatic heterocycles. The summed E-state index contributed by atoms with van der Waals surface area (Å²) in [7, 11) is 0. The Morgan fingerprint density at radius 1 is 1.32 bits per heavy atom. The summed E-state index contributed by atoms with van der Waals surface area (Å²) in [6.45, 7) is 6.38. The van der Waals surface area contributed by atoms with Gasteiger partial charge < -0.3 is 9.88 Å². The number of hydrogen-bond acceptors (Lipinski definition) is 3. The first-order valence-corrected chi connectivity index (χ1v) is 6.97. The van der Waals surface area contributed by atoms with Crippen molar-refractivity contribution in [3.8, 4) is 0 Å². The highest BCUT2D eigenvalue weighted by Gasteiger charge is 2.31. The van der Waals surface area contributed by atoms with Gasteiger partial charge in [-0.15, -0.1) is 0 Å². The van der Waals surface area contributed by atoms with Crippen LogP contribution in [-0.2, 0) is 18.5 Å². The standard InChI is InChI=1S/C14H21N5/c1-14(3-6-15-7-4-14)13-11-16-12-18(13)9-10-19-8-2-5-17-19/h2,5,8,11-12,15H,3-4,6-7,9-10H2,1H3. The van der Waals surface area contributed by atoms with Crippen molar-refractivity contribution in [1.29, 1.82) is 0 Å². The Morgan fingerprint density at radius 2 is 2.16 bits per heavy atom. The van der Waals surface area contributed by atoms with Gasteiger partial charge in [-0.25, -0.2) is 4.98 Å². The van der Waals surface area contributed by atoms with Crippen LogP contribution in [0.25, 0.3) is 0 Å². The van der Waals surface area contributed by atoms with E-state index in [1.54, 1.807) is 0 Å². The lowest BCUT2D eigenvalue weighted by atomic mass is 9.78. The average Bonchev–Trinajstić information content (AvgIpc) is 3.09. The van der Waals surface area contributed by atoms with Gasteiger partial charge >= 0.3 is 0 Å². The molecule has 0 aliphatic carbocycles. The van der Waals surface area contributed by atoms with Gasteiger partial charge in [0, 0.05) is 36.2 Å². The molecule has 5 heteroatoms. The third-order valence-electron chi connectivity index (χ3n) is 4.17. The fourth-order valence-electron chi connectivity index (χ4n) is 2.88. The molecule has 0 amide bonds. The van der Waals surface area contributed by atoms with Crippen LogP contribution in [0.15, 0.2) is 31.0 Å². The van der Waals surface area contributed by atoms with E-state index < -0.39 is 0 Å². The topological polar surface area (TPSA) is 47.7 Å². The molecule has 1 fully saturated rings. The normalized spacial score (nSPS) is 18.6. The summed E-state index contributed by atoms with van der Waals surface area (Å²) in [6, 6.07) is 1.96. The molecule has 0 aromatic carbocycles. The summed E-state index contributed by atoms with van der Waals surface area (Å²) < 4.78 is 4.25. The third kappa shape index (κ3) is 2.56. The number of piperidine rings is 1. The first-order valence-electron chi connectivity index (χ1n) is 6.97. The van der Waals surface area contributed by atoms with E-state index in [2.05, 4.69) is 26.9 Å². The Hall–Kier alpha value is -1.62. The van der Waals surface area contributed by atoms with Crippen molar-refractivity contribution in [2.75, 3.05) is 13.1 Å². The Labute approximate surface area is 113 Å². The number of nitrogens with zero attached hydrogens (tertiary/aromatic N) is 4. The predicted octanol–water partition coefficient (Wildman–Crippen LogP) is 1.42. The molecule has 0 unspecified atom stereocenters. The number of hydrogen-bond donors (Lipinski definition) is 1. The Bertz CT molecular complexity index is 508. The Morgan fingerprint density at radius 3 is 2.89 bits per heavy atom. The molecule has 1 aliphatic rings. The lowest BCUT2D eigenvalue weighted by Crippen LogP contribution is -2.39. The fourth-order valence-corrected chi connectivity index (χ4v) is 2.88. The monoisotopic (exact) mass is 259 g/mol. The first-order chi connectivity index (χ1) is 9.28. The number of rotatable bonds is 4. The smallest absolute Gasteiger partial charge is 0.0948 e. The molecule has 0 radical (unpaired) electrons. The maximum atomic E-state index is 4.36. The summed E-state index contributed by atoms with van der Waals surface area (Å²) >= 11 is 0. The predicted molar refractivity (Wildman–Crippen MR) is 73.9 cm³/mol. The molecule has 2 aromatic heterocycles. The van der Waals surface area contributed by atoms with Crippen molar-refractivity contribution in [3.63, 3.8) is 0 Å². The second-order valence-corrected chi connectivity index (χ2v) is 5.55. The number of imidazole rings is 1. The maximum absolute atomic E-state index is 4.36. The van der Waals surface area contributed by atoms with Gasteiger partial charge in [-0.3, -0.25) is 4.68 Å². The van der Waals surface area contributed by atoms with Crippen LogP contribution in [0.1, 0.15) is 25.5 Å². The van der Waals surface area contributed by atoms with Crippen molar-refractivity contribution >= 4 is 0 Å². The minimum Gasteiger partial charge on any atom is -0.332 e. The van der Waals surface area contributed by atoms with Crippen molar-refractivity contribution in [2.24, 2.45) is 0 Å². The molecule has 0 spiro atoms. The Kier molecular flexibility index (Phi) is 3.38. The second-order valence-electron chi connectivity index (χ2n) is 5.55. The van der Waals surface area contributed by atoms with Gasteiger partial charge in [0.05, 0.1) is 12.9 Å². The molecule has 2 aromatic rings. The highest BCUT2D eigenvalue weighted by atomic mass is 15.3. The summed E-state index contributed by atoms with van der Waals surface area (Å²) in [5.74, 6) is 0. The molecule has 19 heavy (non-hydrogen) atoms. The van der Waals surface area contributed by atoms with Crippen molar-refractivity contribution < 1.29 is 0 Å². The molecule has 1 N–H and O–H groups in total. The molecule has 102 valence electrons. The lowest BCUT2D eigenvalue weighted by Gasteiger charge is -2.34. The summed E-state index contributed by atoms with van der Waals surface area (Å²) in [5.41, 5.74) is 1.62. The van der Waals surface area contributed by atoms with Crippen LogP contribution >= 0.6 is 0 Å². The van der Waals surface area contributed by atoms with E-state index in [-0.39, 0.29) is 5.41 Å². The summed E-state index contributed by atoms with van der Waals surface area (Å²) in [4.78, 5) is 4.36. The van der Waals surface area contributed by atoms with E-state index in [0.29, 0.717) is 0 Å². The SMILES string of the molecule is CC1(c2cncn2CCn2cccn2)CCNCC1. The number of aryl methyl sites for hydroxylation is 2. The summed E-state index contributed by atoms with van der Waals surface area (Å²) in [5, 5.41) is 7.68. The van der Waals surface area contributed by atoms with E-state index in [0.717, 1.165) is 26.2 Å². The van der Waals surface area contributed by atoms with Gasteiger partial charge in [0.25, 0.3) is 0 Å². The maximum Gasteiger partial charge on any atom is 0.0948 e. The third-order valence-corrected chi connectivity index (χ3v) is 4.17.